The molecule has 7 amide bonds. The molecule has 0 saturated carbocycles. The van der Waals surface area contributed by atoms with Crippen LogP contribution < -0.4 is 21.7 Å². The molecular weight excluding hydrogens is 956 g/mol. The highest BCUT2D eigenvalue weighted by Crippen LogP contribution is 2.33. The second kappa shape index (κ2) is 24.2. The number of piperazine rings is 1. The van der Waals surface area contributed by atoms with E-state index in [1.54, 1.807) is 21.9 Å². The third-order valence-electron chi connectivity index (χ3n) is 11.4. The van der Waals surface area contributed by atoms with Crippen molar-refractivity contribution in [3.63, 3.8) is 0 Å². The SMILES string of the molecule is C[C@@H]1CN(C(=O)c2ccc(NC(=O)C(=N)/C=C(/OCc3c(Cl)ccc(F)c3Cl)C(=N)N)cc2)C[C@H](C)N1C(=O)CCOCCOCCOCCNc1cccc2c1C(=O)N(C1CCC(=O)NC1=O)C2=O. The highest BCUT2D eigenvalue weighted by Gasteiger charge is 2.45. The Labute approximate surface area is 411 Å². The molecule has 3 heterocycles. The van der Waals surface area contributed by atoms with Crippen molar-refractivity contribution in [2.45, 2.75) is 57.8 Å². The second-order valence-electron chi connectivity index (χ2n) is 16.4. The number of anilines is 2. The number of carbonyl (C=O) groups is 7. The topological polar surface area (TPSA) is 276 Å². The smallest absolute Gasteiger partial charge is 0.273 e. The zero-order valence-electron chi connectivity index (χ0n) is 38.2. The third-order valence-corrected chi connectivity index (χ3v) is 12.2. The number of nitrogens with two attached hydrogens (primary N) is 1. The zero-order valence-corrected chi connectivity index (χ0v) is 39.8. The zero-order chi connectivity index (χ0) is 50.6. The van der Waals surface area contributed by atoms with E-state index in [4.69, 9.17) is 58.7 Å². The van der Waals surface area contributed by atoms with Crippen molar-refractivity contribution >= 4 is 87.5 Å². The van der Waals surface area contributed by atoms with Crippen molar-refractivity contribution in [3.8, 4) is 0 Å². The highest BCUT2D eigenvalue weighted by molar-refractivity contribution is 6.46. The average molecular weight is 1010 g/mol. The van der Waals surface area contributed by atoms with Gasteiger partial charge in [0.1, 0.15) is 24.2 Å². The number of halogens is 3. The van der Waals surface area contributed by atoms with Crippen molar-refractivity contribution in [3.05, 3.63) is 105 Å². The highest BCUT2D eigenvalue weighted by atomic mass is 35.5. The van der Waals surface area contributed by atoms with Crippen molar-refractivity contribution in [2.24, 2.45) is 5.73 Å². The van der Waals surface area contributed by atoms with Gasteiger partial charge < -0.3 is 45.1 Å². The normalized spacial score (nSPS) is 18.1. The van der Waals surface area contributed by atoms with E-state index in [2.05, 4.69) is 16.0 Å². The number of carbonyl (C=O) groups excluding carboxylic acids is 7. The van der Waals surface area contributed by atoms with E-state index >= 15 is 0 Å². The number of imide groups is 2. The summed E-state index contributed by atoms with van der Waals surface area (Å²) < 4.78 is 36.2. The minimum atomic E-state index is -1.05. The predicted octanol–water partition coefficient (Wildman–Crippen LogP) is 4.14. The fraction of sp³-hybridized carbons (Fsp3) is 0.383. The number of fused-ring (bicyclic) bond motifs is 1. The van der Waals surface area contributed by atoms with Gasteiger partial charge in [-0.3, -0.25) is 54.6 Å². The molecule has 0 aliphatic carbocycles. The van der Waals surface area contributed by atoms with Crippen LogP contribution in [0, 0.1) is 16.6 Å². The van der Waals surface area contributed by atoms with Gasteiger partial charge >= 0.3 is 0 Å². The molecule has 0 radical (unpaired) electrons. The van der Waals surface area contributed by atoms with Crippen LogP contribution in [0.1, 0.15) is 69.7 Å². The summed E-state index contributed by atoms with van der Waals surface area (Å²) in [6, 6.07) is 11.6. The van der Waals surface area contributed by atoms with Crippen molar-refractivity contribution in [1.29, 1.82) is 10.8 Å². The van der Waals surface area contributed by atoms with Gasteiger partial charge in [-0.2, -0.15) is 0 Å². The van der Waals surface area contributed by atoms with E-state index in [9.17, 15) is 38.0 Å². The molecule has 372 valence electrons. The maximum Gasteiger partial charge on any atom is 0.273 e. The molecule has 0 aromatic heterocycles. The van der Waals surface area contributed by atoms with Crippen molar-refractivity contribution < 1.29 is 56.9 Å². The Kier molecular flexibility index (Phi) is 18.2. The fourth-order valence-electron chi connectivity index (χ4n) is 8.05. The summed E-state index contributed by atoms with van der Waals surface area (Å²) in [4.78, 5) is 94.1. The minimum absolute atomic E-state index is 0.0331. The standard InChI is InChI=1S/C47H52Cl2FN9O11/c1-26-23-57(45(64)28-6-8-29(9-7-28)55-43(62)34(51)22-37(42(52)53)70-25-31-32(48)10-11-33(50)41(31)49)24-27(2)58(26)39(61)14-16-67-18-20-69-21-19-68-17-15-54-35-5-3-4-30-40(35)47(66)59(46(30)65)36-12-13-38(60)56-44(36)63/h3-11,22,26-27,36,51,54H,12-21,23-25H2,1-2H3,(H3,52,53)(H,55,62)(H,56,60,63)/b37-22+,51-34?/t26-,27+,36?. The van der Waals surface area contributed by atoms with Gasteiger partial charge in [0.2, 0.25) is 17.7 Å². The van der Waals surface area contributed by atoms with Crippen LogP contribution in [0.2, 0.25) is 10.0 Å². The first kappa shape index (κ1) is 52.6. The predicted molar refractivity (Wildman–Crippen MR) is 254 cm³/mol. The summed E-state index contributed by atoms with van der Waals surface area (Å²) in [6.45, 7) is 5.81. The molecule has 6 rings (SSSR count). The van der Waals surface area contributed by atoms with Crippen LogP contribution in [-0.4, -0.2) is 145 Å². The molecule has 3 aromatic carbocycles. The Hall–Kier alpha value is -6.78. The molecule has 0 bridgehead atoms. The first-order valence-electron chi connectivity index (χ1n) is 22.2. The number of benzene rings is 3. The molecule has 1 unspecified atom stereocenters. The molecule has 20 nitrogen and oxygen atoms in total. The Morgan fingerprint density at radius 1 is 0.886 bits per heavy atom. The van der Waals surface area contributed by atoms with E-state index in [-0.39, 0.29) is 128 Å². The molecule has 3 aliphatic rings. The van der Waals surface area contributed by atoms with Gasteiger partial charge in [0.15, 0.2) is 11.6 Å². The molecule has 3 aromatic rings. The Morgan fingerprint density at radius 3 is 2.20 bits per heavy atom. The molecule has 2 saturated heterocycles. The summed E-state index contributed by atoms with van der Waals surface area (Å²) in [5.74, 6) is -5.22. The van der Waals surface area contributed by atoms with Crippen LogP contribution in [0.25, 0.3) is 0 Å². The Bertz CT molecular complexity index is 2570. The van der Waals surface area contributed by atoms with Crippen LogP contribution in [-0.2, 0) is 44.7 Å². The number of hydrogen-bond donors (Lipinski definition) is 6. The molecule has 3 atom stereocenters. The van der Waals surface area contributed by atoms with Gasteiger partial charge in [0.25, 0.3) is 23.6 Å². The number of nitrogens with one attached hydrogen (secondary N) is 5. The Balaban J connectivity index is 0.838. The lowest BCUT2D eigenvalue weighted by atomic mass is 10.0. The summed E-state index contributed by atoms with van der Waals surface area (Å²) in [7, 11) is 0. The van der Waals surface area contributed by atoms with Crippen LogP contribution in [0.5, 0.6) is 0 Å². The number of ether oxygens (including phenoxy) is 4. The first-order chi connectivity index (χ1) is 33.5. The van der Waals surface area contributed by atoms with Gasteiger partial charge in [0.05, 0.1) is 62.2 Å². The molecular formula is C47H52Cl2FN9O11. The van der Waals surface area contributed by atoms with Gasteiger partial charge in [-0.1, -0.05) is 29.3 Å². The van der Waals surface area contributed by atoms with Crippen LogP contribution in [0.3, 0.4) is 0 Å². The molecule has 70 heavy (non-hydrogen) atoms. The van der Waals surface area contributed by atoms with Gasteiger partial charge in [-0.25, -0.2) is 4.39 Å². The first-order valence-corrected chi connectivity index (χ1v) is 23.0. The number of piperidine rings is 1. The number of amidine groups is 1. The van der Waals surface area contributed by atoms with Crippen LogP contribution in [0.4, 0.5) is 15.8 Å². The summed E-state index contributed by atoms with van der Waals surface area (Å²) >= 11 is 12.1. The molecule has 7 N–H and O–H groups in total. The van der Waals surface area contributed by atoms with Gasteiger partial charge in [-0.05, 0) is 68.8 Å². The van der Waals surface area contributed by atoms with Crippen LogP contribution >= 0.6 is 23.2 Å². The Morgan fingerprint density at radius 2 is 1.54 bits per heavy atom. The van der Waals surface area contributed by atoms with E-state index in [1.165, 1.54) is 36.4 Å². The summed E-state index contributed by atoms with van der Waals surface area (Å²) in [5, 5.41) is 23.6. The van der Waals surface area contributed by atoms with E-state index in [1.807, 2.05) is 13.8 Å². The van der Waals surface area contributed by atoms with Crippen molar-refractivity contribution in [1.82, 2.24) is 20.0 Å². The average Bonchev–Trinajstić information content (AvgIpc) is 3.58. The number of amides is 7. The van der Waals surface area contributed by atoms with Gasteiger partial charge in [0, 0.05) is 71.7 Å². The van der Waals surface area contributed by atoms with E-state index in [0.717, 1.165) is 17.0 Å². The molecule has 3 aliphatic heterocycles. The van der Waals surface area contributed by atoms with Gasteiger partial charge in [-0.15, -0.1) is 0 Å². The number of hydrogen-bond acceptors (Lipinski definition) is 14. The second-order valence-corrected chi connectivity index (χ2v) is 17.2. The largest absolute Gasteiger partial charge is 0.485 e. The maximum absolute atomic E-state index is 13.9. The monoisotopic (exact) mass is 1010 g/mol. The number of rotatable bonds is 22. The number of nitrogens with zero attached hydrogens (tertiary/aromatic N) is 3. The molecule has 2 fully saturated rings. The fourth-order valence-corrected chi connectivity index (χ4v) is 8.53. The molecule has 0 spiro atoms. The van der Waals surface area contributed by atoms with E-state index < -0.39 is 52.9 Å². The lowest BCUT2D eigenvalue weighted by Crippen LogP contribution is -2.59. The maximum atomic E-state index is 13.9. The lowest BCUT2D eigenvalue weighted by Gasteiger charge is -2.44. The summed E-state index contributed by atoms with van der Waals surface area (Å²) in [5.41, 5.74) is 6.47. The third kappa shape index (κ3) is 12.9. The molecule has 23 heteroatoms. The lowest BCUT2D eigenvalue weighted by molar-refractivity contribution is -0.140. The van der Waals surface area contributed by atoms with Crippen LogP contribution in [0.15, 0.2) is 66.4 Å². The van der Waals surface area contributed by atoms with Crippen molar-refractivity contribution in [2.75, 3.05) is 69.9 Å². The quantitative estimate of drug-likeness (QED) is 0.0207. The minimum Gasteiger partial charge on any atom is -0.485 e. The summed E-state index contributed by atoms with van der Waals surface area (Å²) in [6.07, 6.45) is 1.17. The van der Waals surface area contributed by atoms with E-state index in [0.29, 0.717) is 30.9 Å².